The molecule has 1 aliphatic carbocycles. The van der Waals surface area contributed by atoms with Crippen molar-refractivity contribution >= 4 is 40.4 Å². The Hall–Kier alpha value is -4.41. The summed E-state index contributed by atoms with van der Waals surface area (Å²) < 4.78 is 21.4. The van der Waals surface area contributed by atoms with Crippen molar-refractivity contribution < 1.29 is 28.3 Å². The van der Waals surface area contributed by atoms with Crippen LogP contribution in [0.1, 0.15) is 87.6 Å². The van der Waals surface area contributed by atoms with Crippen molar-refractivity contribution in [2.45, 2.75) is 90.8 Å². The number of likely N-dealkylation sites (tertiary alicyclic amines) is 1. The topological polar surface area (TPSA) is 136 Å². The summed E-state index contributed by atoms with van der Waals surface area (Å²) in [7, 11) is 0. The van der Waals surface area contributed by atoms with E-state index in [-0.39, 0.29) is 35.2 Å². The average Bonchev–Trinajstić information content (AvgIpc) is 3.24. The van der Waals surface area contributed by atoms with Crippen LogP contribution in [0.15, 0.2) is 36.4 Å². The Morgan fingerprint density at radius 3 is 2.32 bits per heavy atom. The normalized spacial score (nSPS) is 21.1. The molecule has 3 heterocycles. The summed E-state index contributed by atoms with van der Waals surface area (Å²) in [6.07, 6.45) is 3.67. The van der Waals surface area contributed by atoms with E-state index in [1.165, 1.54) is 12.1 Å². The predicted octanol–water partition coefficient (Wildman–Crippen LogP) is 5.87. The smallest absolute Gasteiger partial charge is 0.410 e. The van der Waals surface area contributed by atoms with Crippen LogP contribution in [0, 0.1) is 17.2 Å². The van der Waals surface area contributed by atoms with Crippen LogP contribution < -0.4 is 16.4 Å². The average molecular weight is 646 g/mol. The van der Waals surface area contributed by atoms with Gasteiger partial charge in [0.1, 0.15) is 11.4 Å². The standard InChI is InChI=1S/C36H44FN5O5/c1-35(2,3)47-34(46)41-18-21(19-41)33(45)40-24-10-8-23(9-11-24)39-27-14-20(6-12-25(27)32(38)44)31-26-13-7-22(37)15-28(26)42-29(31)16-36(4,5)17-30(42)43/h6-7,12-15,21,23-24,39H,8-11,16-19H2,1-5H3,(H2,38,44)(H,40,45). The number of nitrogens with zero attached hydrogens (tertiary/aromatic N) is 2. The van der Waals surface area contributed by atoms with Crippen molar-refractivity contribution in [1.82, 2.24) is 14.8 Å². The van der Waals surface area contributed by atoms with Gasteiger partial charge in [-0.1, -0.05) is 19.9 Å². The molecule has 2 aliphatic heterocycles. The van der Waals surface area contributed by atoms with Gasteiger partial charge < -0.3 is 26.0 Å². The molecule has 2 aromatic carbocycles. The summed E-state index contributed by atoms with van der Waals surface area (Å²) in [5.74, 6) is -1.31. The van der Waals surface area contributed by atoms with Gasteiger partial charge in [-0.15, -0.1) is 0 Å². The number of fused-ring (bicyclic) bond motifs is 3. The molecule has 0 spiro atoms. The van der Waals surface area contributed by atoms with Crippen LogP contribution in [0.2, 0.25) is 0 Å². The Balaban J connectivity index is 1.15. The molecule has 1 saturated heterocycles. The van der Waals surface area contributed by atoms with Gasteiger partial charge in [0, 0.05) is 53.9 Å². The lowest BCUT2D eigenvalue weighted by atomic mass is 9.80. The fraction of sp³-hybridized carbons (Fsp3) is 0.500. The van der Waals surface area contributed by atoms with Crippen molar-refractivity contribution in [3.05, 3.63) is 53.5 Å². The van der Waals surface area contributed by atoms with E-state index >= 15 is 0 Å². The van der Waals surface area contributed by atoms with Crippen molar-refractivity contribution in [3.63, 3.8) is 0 Å². The summed E-state index contributed by atoms with van der Waals surface area (Å²) in [6.45, 7) is 10.3. The third kappa shape index (κ3) is 6.71. The molecule has 1 aromatic heterocycles. The van der Waals surface area contributed by atoms with Crippen molar-refractivity contribution in [3.8, 4) is 11.1 Å². The highest BCUT2D eigenvalue weighted by atomic mass is 19.1. The first-order chi connectivity index (χ1) is 22.1. The van der Waals surface area contributed by atoms with Crippen LogP contribution in [0.4, 0.5) is 14.9 Å². The third-order valence-electron chi connectivity index (χ3n) is 9.46. The van der Waals surface area contributed by atoms with Gasteiger partial charge in [0.2, 0.25) is 11.8 Å². The molecule has 10 nitrogen and oxygen atoms in total. The van der Waals surface area contributed by atoms with Crippen LogP contribution in [0.3, 0.4) is 0 Å². The van der Waals surface area contributed by atoms with Gasteiger partial charge in [-0.25, -0.2) is 9.18 Å². The summed E-state index contributed by atoms with van der Waals surface area (Å²) >= 11 is 0. The number of hydrogen-bond donors (Lipinski definition) is 3. The number of hydrogen-bond acceptors (Lipinski definition) is 6. The molecule has 1 saturated carbocycles. The quantitative estimate of drug-likeness (QED) is 0.307. The number of anilines is 1. The van der Waals surface area contributed by atoms with Gasteiger partial charge in [-0.2, -0.15) is 0 Å². The maximum absolute atomic E-state index is 14.4. The summed E-state index contributed by atoms with van der Waals surface area (Å²) in [4.78, 5) is 52.4. The van der Waals surface area contributed by atoms with E-state index in [9.17, 15) is 23.6 Å². The van der Waals surface area contributed by atoms with E-state index < -0.39 is 23.4 Å². The molecule has 4 N–H and O–H groups in total. The summed E-state index contributed by atoms with van der Waals surface area (Å²) in [5.41, 5.74) is 8.98. The molecule has 0 bridgehead atoms. The lowest BCUT2D eigenvalue weighted by molar-refractivity contribution is -0.130. The Kier molecular flexibility index (Phi) is 8.30. The van der Waals surface area contributed by atoms with Gasteiger partial charge >= 0.3 is 6.09 Å². The van der Waals surface area contributed by atoms with E-state index in [0.717, 1.165) is 47.9 Å². The van der Waals surface area contributed by atoms with Crippen molar-refractivity contribution in [2.24, 2.45) is 17.1 Å². The Morgan fingerprint density at radius 2 is 1.66 bits per heavy atom. The van der Waals surface area contributed by atoms with Gasteiger partial charge in [-0.3, -0.25) is 19.0 Å². The van der Waals surface area contributed by atoms with E-state index in [1.54, 1.807) is 21.6 Å². The first-order valence-corrected chi connectivity index (χ1v) is 16.4. The number of ether oxygens (including phenoxy) is 1. The Labute approximate surface area is 274 Å². The molecule has 250 valence electrons. The van der Waals surface area contributed by atoms with Crippen molar-refractivity contribution in [1.29, 1.82) is 0 Å². The number of nitrogens with one attached hydrogen (secondary N) is 2. The fourth-order valence-corrected chi connectivity index (χ4v) is 7.17. The Bertz CT molecular complexity index is 1760. The van der Waals surface area contributed by atoms with E-state index in [1.807, 2.05) is 32.9 Å². The maximum Gasteiger partial charge on any atom is 0.410 e. The van der Waals surface area contributed by atoms with Crippen LogP contribution in [-0.4, -0.2) is 64.1 Å². The van der Waals surface area contributed by atoms with Crippen LogP contribution in [-0.2, 0) is 16.0 Å². The van der Waals surface area contributed by atoms with Gasteiger partial charge in [-0.05, 0) is 94.2 Å². The van der Waals surface area contributed by atoms with Crippen LogP contribution >= 0.6 is 0 Å². The minimum absolute atomic E-state index is 0.0265. The second-order valence-electron chi connectivity index (χ2n) is 15.1. The fourth-order valence-electron chi connectivity index (χ4n) is 7.17. The minimum Gasteiger partial charge on any atom is -0.444 e. The largest absolute Gasteiger partial charge is 0.444 e. The van der Waals surface area contributed by atoms with Crippen molar-refractivity contribution in [2.75, 3.05) is 18.4 Å². The van der Waals surface area contributed by atoms with Gasteiger partial charge in [0.05, 0.1) is 17.0 Å². The molecule has 0 unspecified atom stereocenters. The lowest BCUT2D eigenvalue weighted by Gasteiger charge is -2.40. The number of benzene rings is 2. The first-order valence-electron chi connectivity index (χ1n) is 16.4. The minimum atomic E-state index is -0.578. The SMILES string of the molecule is CC1(C)CC(=O)n2c(c(-c3ccc(C(N)=O)c(NC4CCC(NC(=O)C5CN(C(=O)OC(C)(C)C)C5)CC4)c3)c3ccc(F)cc32)C1. The molecular formula is C36H44FN5O5. The molecule has 0 radical (unpaired) electrons. The highest BCUT2D eigenvalue weighted by molar-refractivity contribution is 6.06. The second-order valence-corrected chi connectivity index (χ2v) is 15.1. The molecule has 3 aromatic rings. The molecule has 3 amide bonds. The monoisotopic (exact) mass is 645 g/mol. The predicted molar refractivity (Wildman–Crippen MR) is 178 cm³/mol. The van der Waals surface area contributed by atoms with Gasteiger partial charge in [0.15, 0.2) is 0 Å². The number of primary amides is 1. The highest BCUT2D eigenvalue weighted by Gasteiger charge is 2.39. The van der Waals surface area contributed by atoms with Crippen LogP contribution in [0.25, 0.3) is 22.0 Å². The molecular weight excluding hydrogens is 601 g/mol. The molecule has 11 heteroatoms. The highest BCUT2D eigenvalue weighted by Crippen LogP contribution is 2.44. The zero-order chi connectivity index (χ0) is 33.8. The lowest BCUT2D eigenvalue weighted by Crippen LogP contribution is -2.58. The number of aromatic nitrogens is 1. The summed E-state index contributed by atoms with van der Waals surface area (Å²) in [6, 6.07) is 10.1. The number of rotatable bonds is 6. The Morgan fingerprint density at radius 1 is 0.979 bits per heavy atom. The number of halogens is 1. The molecule has 6 rings (SSSR count). The number of amides is 3. The second kappa shape index (κ2) is 12.0. The molecule has 0 atom stereocenters. The van der Waals surface area contributed by atoms with Gasteiger partial charge in [0.25, 0.3) is 5.91 Å². The third-order valence-corrected chi connectivity index (χ3v) is 9.46. The zero-order valence-electron chi connectivity index (χ0n) is 27.7. The number of carbonyl (C=O) groups is 4. The molecule has 47 heavy (non-hydrogen) atoms. The maximum atomic E-state index is 14.4. The molecule has 2 fully saturated rings. The number of carbonyl (C=O) groups excluding carboxylic acids is 4. The summed E-state index contributed by atoms with van der Waals surface area (Å²) in [5, 5.41) is 7.48. The van der Waals surface area contributed by atoms with E-state index in [0.29, 0.717) is 42.7 Å². The van der Waals surface area contributed by atoms with Crippen LogP contribution in [0.5, 0.6) is 0 Å². The first kappa shape index (κ1) is 32.5. The zero-order valence-corrected chi connectivity index (χ0v) is 27.7. The molecule has 3 aliphatic rings. The van der Waals surface area contributed by atoms with E-state index in [4.69, 9.17) is 10.5 Å². The number of nitrogens with two attached hydrogens (primary N) is 1. The van der Waals surface area contributed by atoms with E-state index in [2.05, 4.69) is 24.5 Å².